The molecule has 6 nitrogen and oxygen atoms in total. The molecule has 3 aromatic rings. The van der Waals surface area contributed by atoms with E-state index in [1.54, 1.807) is 48.5 Å². The molecule has 1 N–H and O–H groups in total. The average Bonchev–Trinajstić information content (AvgIpc) is 3.14. The van der Waals surface area contributed by atoms with Crippen LogP contribution in [0.1, 0.15) is 40.4 Å². The van der Waals surface area contributed by atoms with Crippen molar-refractivity contribution in [3.8, 4) is 0 Å². The van der Waals surface area contributed by atoms with Gasteiger partial charge < -0.3 is 9.73 Å². The zero-order chi connectivity index (χ0) is 21.2. The Kier molecular flexibility index (Phi) is 5.79. The summed E-state index contributed by atoms with van der Waals surface area (Å²) in [6.07, 6.45) is 0. The predicted octanol–water partition coefficient (Wildman–Crippen LogP) is 4.21. The number of amides is 1. The van der Waals surface area contributed by atoms with Gasteiger partial charge in [0.25, 0.3) is 15.9 Å². The molecule has 1 atom stereocenters. The zero-order valence-corrected chi connectivity index (χ0v) is 17.7. The van der Waals surface area contributed by atoms with Gasteiger partial charge in [-0.3, -0.25) is 9.10 Å². The monoisotopic (exact) mass is 412 g/mol. The third-order valence-corrected chi connectivity index (χ3v) is 6.51. The number of nitrogens with zero attached hydrogens (tertiary/aromatic N) is 1. The van der Waals surface area contributed by atoms with E-state index in [1.165, 1.54) is 11.4 Å². The molecule has 0 aliphatic heterocycles. The van der Waals surface area contributed by atoms with E-state index in [-0.39, 0.29) is 16.8 Å². The molecule has 0 saturated heterocycles. The van der Waals surface area contributed by atoms with Crippen LogP contribution < -0.4 is 9.62 Å². The molecule has 7 heteroatoms. The van der Waals surface area contributed by atoms with E-state index < -0.39 is 10.0 Å². The minimum Gasteiger partial charge on any atom is -0.464 e. The molecule has 0 radical (unpaired) electrons. The lowest BCUT2D eigenvalue weighted by molar-refractivity contribution is 0.0935. The van der Waals surface area contributed by atoms with Gasteiger partial charge in [-0.15, -0.1) is 0 Å². The molecule has 0 bridgehead atoms. The van der Waals surface area contributed by atoms with Gasteiger partial charge in [-0.05, 0) is 69.3 Å². The summed E-state index contributed by atoms with van der Waals surface area (Å²) in [5, 5.41) is 2.87. The van der Waals surface area contributed by atoms with E-state index in [1.807, 2.05) is 32.9 Å². The first-order valence-electron chi connectivity index (χ1n) is 9.21. The molecule has 1 heterocycles. The second-order valence-electron chi connectivity index (χ2n) is 6.98. The number of anilines is 1. The predicted molar refractivity (Wildman–Crippen MR) is 113 cm³/mol. The van der Waals surface area contributed by atoms with E-state index in [4.69, 9.17) is 4.42 Å². The van der Waals surface area contributed by atoms with Crippen LogP contribution in [0.15, 0.2) is 70.0 Å². The van der Waals surface area contributed by atoms with Gasteiger partial charge in [-0.2, -0.15) is 0 Å². The third-order valence-electron chi connectivity index (χ3n) is 4.71. The first-order valence-corrected chi connectivity index (χ1v) is 10.7. The van der Waals surface area contributed by atoms with Crippen LogP contribution in [0.4, 0.5) is 5.69 Å². The van der Waals surface area contributed by atoms with E-state index in [9.17, 15) is 13.2 Å². The molecule has 3 rings (SSSR count). The van der Waals surface area contributed by atoms with Crippen molar-refractivity contribution in [2.24, 2.45) is 0 Å². The van der Waals surface area contributed by atoms with Gasteiger partial charge in [0, 0.05) is 12.6 Å². The number of benzene rings is 2. The van der Waals surface area contributed by atoms with Crippen LogP contribution in [0.25, 0.3) is 0 Å². The summed E-state index contributed by atoms with van der Waals surface area (Å²) in [6.45, 7) is 5.59. The summed E-state index contributed by atoms with van der Waals surface area (Å²) in [4.78, 5) is 12.7. The van der Waals surface area contributed by atoms with Gasteiger partial charge in [0.05, 0.1) is 16.6 Å². The zero-order valence-electron chi connectivity index (χ0n) is 16.8. The van der Waals surface area contributed by atoms with Crippen molar-refractivity contribution >= 4 is 21.6 Å². The maximum absolute atomic E-state index is 12.8. The first kappa shape index (κ1) is 20.7. The van der Waals surface area contributed by atoms with Crippen molar-refractivity contribution in [2.45, 2.75) is 31.7 Å². The number of carbonyl (C=O) groups is 1. The summed E-state index contributed by atoms with van der Waals surface area (Å²) < 4.78 is 32.3. The Morgan fingerprint density at radius 1 is 0.966 bits per heavy atom. The number of aryl methyl sites for hydroxylation is 2. The minimum absolute atomic E-state index is 0.218. The van der Waals surface area contributed by atoms with Crippen LogP contribution in [0.5, 0.6) is 0 Å². The Bertz CT molecular complexity index is 1100. The van der Waals surface area contributed by atoms with Gasteiger partial charge in [-0.25, -0.2) is 8.42 Å². The van der Waals surface area contributed by atoms with Crippen molar-refractivity contribution < 1.29 is 17.6 Å². The van der Waals surface area contributed by atoms with Crippen LogP contribution >= 0.6 is 0 Å². The lowest BCUT2D eigenvalue weighted by Gasteiger charge is -2.20. The van der Waals surface area contributed by atoms with E-state index >= 15 is 0 Å². The van der Waals surface area contributed by atoms with Gasteiger partial charge in [0.2, 0.25) is 0 Å². The highest BCUT2D eigenvalue weighted by molar-refractivity contribution is 7.92. The highest BCUT2D eigenvalue weighted by Gasteiger charge is 2.21. The number of hydrogen-bond donors (Lipinski definition) is 1. The normalized spacial score (nSPS) is 12.4. The second kappa shape index (κ2) is 8.13. The average molecular weight is 413 g/mol. The topological polar surface area (TPSA) is 79.6 Å². The second-order valence-corrected chi connectivity index (χ2v) is 8.95. The molecule has 0 spiro atoms. The fraction of sp³-hybridized carbons (Fsp3) is 0.227. The van der Waals surface area contributed by atoms with Crippen molar-refractivity contribution in [3.05, 3.63) is 83.3 Å². The summed E-state index contributed by atoms with van der Waals surface area (Å²) in [5.41, 5.74) is 1.89. The molecule has 1 aromatic heterocycles. The van der Waals surface area contributed by atoms with Gasteiger partial charge in [0.15, 0.2) is 0 Å². The molecule has 1 amide bonds. The van der Waals surface area contributed by atoms with Crippen LogP contribution in [0, 0.1) is 13.8 Å². The Morgan fingerprint density at radius 2 is 1.59 bits per heavy atom. The highest BCUT2D eigenvalue weighted by atomic mass is 32.2. The Labute approximate surface area is 171 Å². The van der Waals surface area contributed by atoms with Crippen LogP contribution in [-0.4, -0.2) is 21.4 Å². The van der Waals surface area contributed by atoms with Gasteiger partial charge in [0.1, 0.15) is 11.5 Å². The fourth-order valence-electron chi connectivity index (χ4n) is 2.87. The number of furan rings is 1. The highest BCUT2D eigenvalue weighted by Crippen LogP contribution is 2.23. The molecule has 1 unspecified atom stereocenters. The molecular weight excluding hydrogens is 388 g/mol. The minimum atomic E-state index is -3.67. The molecule has 0 aliphatic carbocycles. The summed E-state index contributed by atoms with van der Waals surface area (Å²) in [6, 6.07) is 16.5. The lowest BCUT2D eigenvalue weighted by atomic mass is 10.1. The van der Waals surface area contributed by atoms with E-state index in [2.05, 4.69) is 5.32 Å². The molecule has 0 aliphatic rings. The summed E-state index contributed by atoms with van der Waals surface area (Å²) in [5.74, 6) is 1.20. The molecule has 2 aromatic carbocycles. The first-order chi connectivity index (χ1) is 13.7. The fourth-order valence-corrected chi connectivity index (χ4v) is 4.06. The van der Waals surface area contributed by atoms with Gasteiger partial charge >= 0.3 is 0 Å². The third kappa shape index (κ3) is 4.51. The van der Waals surface area contributed by atoms with Crippen molar-refractivity contribution in [1.82, 2.24) is 5.32 Å². The number of rotatable bonds is 6. The standard InChI is InChI=1S/C22H24N2O4S/c1-15-5-12-20(13-6-15)29(26,27)24(4)19-10-8-18(9-11-19)22(25)23-17(3)21-14-7-16(2)28-21/h5-14,17H,1-4H3,(H,23,25). The van der Waals surface area contributed by atoms with Crippen LogP contribution in [0.2, 0.25) is 0 Å². The molecule has 0 saturated carbocycles. The number of nitrogens with one attached hydrogen (secondary N) is 1. The summed E-state index contributed by atoms with van der Waals surface area (Å²) >= 11 is 0. The van der Waals surface area contributed by atoms with Crippen LogP contribution in [-0.2, 0) is 10.0 Å². The molecule has 152 valence electrons. The maximum Gasteiger partial charge on any atom is 0.264 e. The Hall–Kier alpha value is -3.06. The lowest BCUT2D eigenvalue weighted by Crippen LogP contribution is -2.27. The van der Waals surface area contributed by atoms with Crippen molar-refractivity contribution in [3.63, 3.8) is 0 Å². The number of carbonyl (C=O) groups excluding carboxylic acids is 1. The Morgan fingerprint density at radius 3 is 2.14 bits per heavy atom. The number of hydrogen-bond acceptors (Lipinski definition) is 4. The van der Waals surface area contributed by atoms with E-state index in [0.29, 0.717) is 17.0 Å². The molecule has 0 fully saturated rings. The smallest absolute Gasteiger partial charge is 0.264 e. The molecular formula is C22H24N2O4S. The van der Waals surface area contributed by atoms with Crippen molar-refractivity contribution in [1.29, 1.82) is 0 Å². The van der Waals surface area contributed by atoms with Crippen LogP contribution in [0.3, 0.4) is 0 Å². The van der Waals surface area contributed by atoms with E-state index in [0.717, 1.165) is 11.3 Å². The maximum atomic E-state index is 12.8. The largest absolute Gasteiger partial charge is 0.464 e. The van der Waals surface area contributed by atoms with Gasteiger partial charge in [-0.1, -0.05) is 17.7 Å². The quantitative estimate of drug-likeness (QED) is 0.658. The summed E-state index contributed by atoms with van der Waals surface area (Å²) in [7, 11) is -2.18. The molecule has 29 heavy (non-hydrogen) atoms. The SMILES string of the molecule is Cc1ccc(S(=O)(=O)N(C)c2ccc(C(=O)NC(C)c3ccc(C)o3)cc2)cc1. The van der Waals surface area contributed by atoms with Crippen molar-refractivity contribution in [2.75, 3.05) is 11.4 Å². The Balaban J connectivity index is 1.73. The number of sulfonamides is 1.